The van der Waals surface area contributed by atoms with Crippen molar-refractivity contribution in [2.75, 3.05) is 0 Å². The molecule has 0 saturated heterocycles. The summed E-state index contributed by atoms with van der Waals surface area (Å²) in [5.74, 6) is 0.367. The summed E-state index contributed by atoms with van der Waals surface area (Å²) >= 11 is 8.57. The van der Waals surface area contributed by atoms with Gasteiger partial charge in [0, 0.05) is 27.6 Å². The minimum absolute atomic E-state index is 0.367. The van der Waals surface area contributed by atoms with Crippen LogP contribution < -0.4 is 0 Å². The Labute approximate surface area is 248 Å². The fourth-order valence-corrected chi connectivity index (χ4v) is 7.85. The van der Waals surface area contributed by atoms with E-state index >= 15 is 0 Å². The Hall–Kier alpha value is -2.82. The van der Waals surface area contributed by atoms with Crippen LogP contribution >= 0.6 is 31.9 Å². The van der Waals surface area contributed by atoms with Gasteiger partial charge in [0.2, 0.25) is 11.4 Å². The molecular weight excluding hydrogens is 608 g/mol. The van der Waals surface area contributed by atoms with E-state index in [0.29, 0.717) is 5.92 Å². The number of nitrogens with zero attached hydrogens (tertiary/aromatic N) is 2. The van der Waals surface area contributed by atoms with E-state index in [-0.39, 0.29) is 0 Å². The first-order valence-corrected chi connectivity index (χ1v) is 15.4. The molecule has 0 atom stereocenters. The largest absolute Gasteiger partial charge is 0.473 e. The van der Waals surface area contributed by atoms with Gasteiger partial charge in [0.1, 0.15) is 0 Å². The molecule has 0 unspecified atom stereocenters. The second kappa shape index (κ2) is 9.67. The normalized spacial score (nSPS) is 15.6. The number of halogens is 2. The monoisotopic (exact) mass is 640 g/mol. The van der Waals surface area contributed by atoms with Crippen LogP contribution in [0.4, 0.5) is 11.4 Å². The van der Waals surface area contributed by atoms with Crippen LogP contribution in [0, 0.1) is 6.92 Å². The van der Waals surface area contributed by atoms with Crippen molar-refractivity contribution in [3.63, 3.8) is 0 Å². The van der Waals surface area contributed by atoms with E-state index in [2.05, 4.69) is 155 Å². The van der Waals surface area contributed by atoms with Crippen LogP contribution in [0.5, 0.6) is 0 Å². The second-order valence-corrected chi connectivity index (χ2v) is 14.4. The Balaban J connectivity index is 1.82. The Morgan fingerprint density at radius 3 is 2.03 bits per heavy atom. The molecule has 1 aliphatic carbocycles. The molecular formula is C35H34Br2N2+2. The Bertz CT molecular complexity index is 1750. The van der Waals surface area contributed by atoms with Gasteiger partial charge in [-0.15, -0.1) is 4.58 Å². The van der Waals surface area contributed by atoms with E-state index in [1.807, 2.05) is 0 Å². The number of hydrogen-bond donors (Lipinski definition) is 0. The lowest BCUT2D eigenvalue weighted by atomic mass is 9.97. The average molecular weight is 642 g/mol. The van der Waals surface area contributed by atoms with Crippen molar-refractivity contribution in [1.29, 1.82) is 0 Å². The zero-order valence-corrected chi connectivity index (χ0v) is 26.4. The van der Waals surface area contributed by atoms with Crippen molar-refractivity contribution < 1.29 is 9.15 Å². The van der Waals surface area contributed by atoms with E-state index in [0.717, 1.165) is 18.4 Å². The summed E-state index contributed by atoms with van der Waals surface area (Å²) < 4.78 is 4.25. The van der Waals surface area contributed by atoms with E-state index in [1.165, 1.54) is 67.0 Å². The highest BCUT2D eigenvalue weighted by molar-refractivity contribution is 9.25. The van der Waals surface area contributed by atoms with Gasteiger partial charge in [0.05, 0.1) is 43.0 Å². The summed E-state index contributed by atoms with van der Waals surface area (Å²) in [6.07, 6.45) is 2.06. The van der Waals surface area contributed by atoms with E-state index in [1.54, 1.807) is 0 Å². The molecule has 4 heteroatoms. The predicted molar refractivity (Wildman–Crippen MR) is 173 cm³/mol. The quantitative estimate of drug-likeness (QED) is 0.112. The SMILES string of the molecule is C=C(C)c1cccc(CCC)c1[N+]1=C2C(=[N+](c3c(C)cccc3C(C)C)C1(Br)Br)c1cccc3cccc2c13. The summed E-state index contributed by atoms with van der Waals surface area (Å²) in [7, 11) is 0. The minimum atomic E-state index is -0.732. The number of hydrogen-bond acceptors (Lipinski definition) is 0. The van der Waals surface area contributed by atoms with E-state index in [4.69, 9.17) is 0 Å². The number of para-hydroxylation sites is 2. The average Bonchev–Trinajstić information content (AvgIpc) is 3.33. The summed E-state index contributed by atoms with van der Waals surface area (Å²) in [6, 6.07) is 26.8. The maximum atomic E-state index is 4.41. The molecule has 0 N–H and O–H groups in total. The molecule has 4 aromatic rings. The lowest BCUT2D eigenvalue weighted by molar-refractivity contribution is -0.671. The highest BCUT2D eigenvalue weighted by Gasteiger charge is 2.64. The van der Waals surface area contributed by atoms with E-state index in [9.17, 15) is 0 Å². The van der Waals surface area contributed by atoms with Crippen LogP contribution in [0.2, 0.25) is 0 Å². The molecule has 4 aromatic carbocycles. The fourth-order valence-electron chi connectivity index (χ4n) is 6.43. The van der Waals surface area contributed by atoms with Gasteiger partial charge in [-0.25, -0.2) is 0 Å². The first kappa shape index (κ1) is 26.4. The highest BCUT2D eigenvalue weighted by atomic mass is 79.9. The maximum absolute atomic E-state index is 4.41. The first-order valence-electron chi connectivity index (χ1n) is 13.8. The molecule has 0 amide bonds. The van der Waals surface area contributed by atoms with Gasteiger partial charge in [0.25, 0.3) is 11.4 Å². The van der Waals surface area contributed by atoms with Crippen molar-refractivity contribution in [2.45, 2.75) is 56.9 Å². The van der Waals surface area contributed by atoms with Crippen LogP contribution in [-0.4, -0.2) is 24.1 Å². The number of alkyl halides is 2. The van der Waals surface area contributed by atoms with Crippen LogP contribution in [0.15, 0.2) is 79.4 Å². The van der Waals surface area contributed by atoms with Gasteiger partial charge in [-0.05, 0) is 55.3 Å². The van der Waals surface area contributed by atoms with Gasteiger partial charge in [0.15, 0.2) is 0 Å². The Morgan fingerprint density at radius 1 is 0.846 bits per heavy atom. The molecule has 1 heterocycles. The molecule has 2 aliphatic rings. The van der Waals surface area contributed by atoms with Gasteiger partial charge in [-0.1, -0.05) is 92.9 Å². The smallest absolute Gasteiger partial charge is 0.100 e. The summed E-state index contributed by atoms with van der Waals surface area (Å²) in [4.78, 5) is 0. The Morgan fingerprint density at radius 2 is 1.44 bits per heavy atom. The minimum Gasteiger partial charge on any atom is -0.100 e. The second-order valence-electron chi connectivity index (χ2n) is 11.1. The molecule has 0 bridgehead atoms. The summed E-state index contributed by atoms with van der Waals surface area (Å²) in [5.41, 5.74) is 13.6. The van der Waals surface area contributed by atoms with Crippen LogP contribution in [0.25, 0.3) is 16.3 Å². The van der Waals surface area contributed by atoms with E-state index < -0.39 is 3.48 Å². The standard InChI is InChI=1S/C35H34Br2N2/c1-7-12-25-16-11-18-27(22(4)5)32(25)39-34-29-20-10-15-24-14-9-19-28(30(24)29)33(34)38(35(39,36)37)31-23(6)13-8-17-26(31)21(2)3/h8-11,13-21H,4,7,12H2,1-3,5-6H3/q+2. The van der Waals surface area contributed by atoms with Crippen molar-refractivity contribution in [3.05, 3.63) is 113 Å². The van der Waals surface area contributed by atoms with Crippen molar-refractivity contribution in [2.24, 2.45) is 0 Å². The molecule has 0 radical (unpaired) electrons. The van der Waals surface area contributed by atoms with Gasteiger partial charge < -0.3 is 0 Å². The van der Waals surface area contributed by atoms with Gasteiger partial charge in [-0.2, -0.15) is 0 Å². The fraction of sp³-hybridized carbons (Fsp3) is 0.257. The summed E-state index contributed by atoms with van der Waals surface area (Å²) in [6.45, 7) is 15.6. The molecule has 0 spiro atoms. The molecule has 0 aromatic heterocycles. The molecule has 2 nitrogen and oxygen atoms in total. The highest BCUT2D eigenvalue weighted by Crippen LogP contribution is 2.51. The molecule has 196 valence electrons. The molecule has 1 aliphatic heterocycles. The third-order valence-electron chi connectivity index (χ3n) is 8.06. The number of fused-ring (bicyclic) bond motifs is 3. The van der Waals surface area contributed by atoms with Crippen LogP contribution in [0.3, 0.4) is 0 Å². The zero-order chi connectivity index (χ0) is 27.6. The van der Waals surface area contributed by atoms with Gasteiger partial charge in [-0.3, -0.25) is 0 Å². The summed E-state index contributed by atoms with van der Waals surface area (Å²) in [5, 5.41) is 2.59. The van der Waals surface area contributed by atoms with Gasteiger partial charge >= 0.3 is 3.48 Å². The van der Waals surface area contributed by atoms with Crippen molar-refractivity contribution >= 4 is 71.0 Å². The van der Waals surface area contributed by atoms with Crippen LogP contribution in [0.1, 0.15) is 73.4 Å². The first-order chi connectivity index (χ1) is 18.7. The molecule has 0 fully saturated rings. The van der Waals surface area contributed by atoms with Crippen molar-refractivity contribution in [1.82, 2.24) is 0 Å². The van der Waals surface area contributed by atoms with Crippen molar-refractivity contribution in [3.8, 4) is 0 Å². The predicted octanol–water partition coefficient (Wildman–Crippen LogP) is 9.95. The number of aryl methyl sites for hydroxylation is 2. The lowest BCUT2D eigenvalue weighted by Gasteiger charge is -2.20. The third kappa shape index (κ3) is 3.86. The zero-order valence-electron chi connectivity index (χ0n) is 23.3. The Kier molecular flexibility index (Phi) is 6.55. The number of benzene rings is 4. The number of allylic oxidation sites excluding steroid dienone is 1. The molecule has 39 heavy (non-hydrogen) atoms. The lowest BCUT2D eigenvalue weighted by Crippen LogP contribution is -2.35. The molecule has 6 rings (SSSR count). The third-order valence-corrected chi connectivity index (χ3v) is 9.48. The topological polar surface area (TPSA) is 6.02 Å². The molecule has 0 saturated carbocycles. The number of rotatable bonds is 6. The van der Waals surface area contributed by atoms with Crippen LogP contribution in [-0.2, 0) is 6.42 Å². The maximum Gasteiger partial charge on any atom is 0.473 e.